The van der Waals surface area contributed by atoms with Crippen molar-refractivity contribution in [3.8, 4) is 11.1 Å². The number of aryl methyl sites for hydroxylation is 1. The van der Waals surface area contributed by atoms with Crippen LogP contribution in [0.15, 0.2) is 83.9 Å². The highest BCUT2D eigenvalue weighted by Gasteiger charge is 2.27. The summed E-state index contributed by atoms with van der Waals surface area (Å²) in [6, 6.07) is 21.2. The lowest BCUT2D eigenvalue weighted by atomic mass is 10.1. The minimum Gasteiger partial charge on any atom is -0.481 e. The minimum absolute atomic E-state index is 0.0170. The molecule has 0 spiro atoms. The maximum atomic E-state index is 13.8. The molecule has 4 rings (SSSR count). The van der Waals surface area contributed by atoms with Crippen LogP contribution in [-0.4, -0.2) is 23.5 Å². The number of para-hydroxylation sites is 1. The lowest BCUT2D eigenvalue weighted by Crippen LogP contribution is -2.14. The van der Waals surface area contributed by atoms with Gasteiger partial charge in [0.1, 0.15) is 4.90 Å². The van der Waals surface area contributed by atoms with Crippen LogP contribution in [0.2, 0.25) is 5.02 Å². The van der Waals surface area contributed by atoms with E-state index in [-0.39, 0.29) is 22.8 Å². The number of aromatic nitrogens is 1. The number of carbonyl (C=O) groups is 1. The van der Waals surface area contributed by atoms with Crippen LogP contribution in [0.1, 0.15) is 12.0 Å². The molecule has 3 aromatic carbocycles. The van der Waals surface area contributed by atoms with Crippen LogP contribution in [-0.2, 0) is 21.2 Å². The zero-order valence-electron chi connectivity index (χ0n) is 15.8. The van der Waals surface area contributed by atoms with E-state index in [9.17, 15) is 13.2 Å². The Hall–Kier alpha value is -3.09. The van der Waals surface area contributed by atoms with Crippen molar-refractivity contribution in [3.63, 3.8) is 0 Å². The number of halogens is 1. The van der Waals surface area contributed by atoms with Gasteiger partial charge >= 0.3 is 5.97 Å². The van der Waals surface area contributed by atoms with Gasteiger partial charge < -0.3 is 5.11 Å². The van der Waals surface area contributed by atoms with Crippen LogP contribution in [0, 0.1) is 0 Å². The van der Waals surface area contributed by atoms with E-state index in [2.05, 4.69) is 0 Å². The Labute approximate surface area is 179 Å². The Bertz CT molecular complexity index is 1340. The van der Waals surface area contributed by atoms with Crippen molar-refractivity contribution in [3.05, 3.63) is 89.6 Å². The van der Waals surface area contributed by atoms with Crippen LogP contribution in [0.5, 0.6) is 0 Å². The molecule has 0 saturated heterocycles. The molecular weight excluding hydrogens is 422 g/mol. The maximum Gasteiger partial charge on any atom is 0.303 e. The van der Waals surface area contributed by atoms with E-state index in [4.69, 9.17) is 16.7 Å². The monoisotopic (exact) mass is 439 g/mol. The Morgan fingerprint density at radius 3 is 2.37 bits per heavy atom. The molecule has 1 N–H and O–H groups in total. The van der Waals surface area contributed by atoms with Gasteiger partial charge in [-0.15, -0.1) is 0 Å². The summed E-state index contributed by atoms with van der Waals surface area (Å²) in [5.41, 5.74) is 2.39. The molecule has 5 nitrogen and oxygen atoms in total. The lowest BCUT2D eigenvalue weighted by molar-refractivity contribution is -0.136. The largest absolute Gasteiger partial charge is 0.481 e. The van der Waals surface area contributed by atoms with Crippen LogP contribution in [0.3, 0.4) is 0 Å². The number of fused-ring (bicyclic) bond motifs is 1. The Kier molecular flexibility index (Phi) is 5.37. The molecule has 30 heavy (non-hydrogen) atoms. The minimum atomic E-state index is -4.06. The molecule has 0 saturated carbocycles. The molecule has 4 aromatic rings. The van der Waals surface area contributed by atoms with E-state index in [1.807, 2.05) is 30.3 Å². The number of aliphatic carboxylic acids is 1. The molecule has 152 valence electrons. The number of rotatable bonds is 6. The van der Waals surface area contributed by atoms with E-state index in [1.165, 1.54) is 10.2 Å². The lowest BCUT2D eigenvalue weighted by Gasteiger charge is -2.14. The van der Waals surface area contributed by atoms with Crippen molar-refractivity contribution >= 4 is 38.5 Å². The van der Waals surface area contributed by atoms with Gasteiger partial charge in [-0.05, 0) is 29.7 Å². The van der Waals surface area contributed by atoms with Gasteiger partial charge in [0.15, 0.2) is 0 Å². The molecule has 0 aliphatic heterocycles. The second-order valence-electron chi connectivity index (χ2n) is 6.85. The van der Waals surface area contributed by atoms with Crippen LogP contribution >= 0.6 is 11.6 Å². The molecule has 0 fully saturated rings. The summed E-state index contributed by atoms with van der Waals surface area (Å²) >= 11 is 6.40. The SMILES string of the molecule is O=C(O)CCc1cn(S(=O)(=O)c2c(Cl)cccc2-c2ccccc2)c2ccccc12. The Balaban J connectivity index is 1.95. The van der Waals surface area contributed by atoms with Crippen molar-refractivity contribution in [2.45, 2.75) is 17.7 Å². The summed E-state index contributed by atoms with van der Waals surface area (Å²) < 4.78 is 28.8. The third kappa shape index (κ3) is 3.60. The van der Waals surface area contributed by atoms with Gasteiger partial charge in [-0.1, -0.05) is 72.3 Å². The molecule has 7 heteroatoms. The fourth-order valence-electron chi connectivity index (χ4n) is 3.57. The summed E-state index contributed by atoms with van der Waals surface area (Å²) in [4.78, 5) is 11.1. The average molecular weight is 440 g/mol. The van der Waals surface area contributed by atoms with Gasteiger partial charge in [-0.3, -0.25) is 4.79 Å². The third-order valence-electron chi connectivity index (χ3n) is 4.94. The number of hydrogen-bond acceptors (Lipinski definition) is 3. The zero-order chi connectivity index (χ0) is 21.3. The standard InChI is InChI=1S/C23H18ClNO4S/c24-20-11-6-10-19(16-7-2-1-3-8-16)23(20)30(28,29)25-15-17(13-14-22(26)27)18-9-4-5-12-21(18)25/h1-12,15H,13-14H2,(H,26,27). The Morgan fingerprint density at radius 1 is 0.933 bits per heavy atom. The number of carboxylic acid groups (broad SMARTS) is 1. The molecule has 0 unspecified atom stereocenters. The van der Waals surface area contributed by atoms with Gasteiger partial charge in [0.25, 0.3) is 10.0 Å². The highest BCUT2D eigenvalue weighted by Crippen LogP contribution is 2.36. The van der Waals surface area contributed by atoms with Crippen molar-refractivity contribution in [2.75, 3.05) is 0 Å². The summed E-state index contributed by atoms with van der Waals surface area (Å²) in [7, 11) is -4.06. The first kappa shape index (κ1) is 20.2. The van der Waals surface area contributed by atoms with E-state index < -0.39 is 16.0 Å². The summed E-state index contributed by atoms with van der Waals surface area (Å²) in [5.74, 6) is -0.938. The fourth-order valence-corrected chi connectivity index (χ4v) is 5.70. The second-order valence-corrected chi connectivity index (χ2v) is 9.01. The van der Waals surface area contributed by atoms with Crippen LogP contribution < -0.4 is 0 Å². The predicted octanol–water partition coefficient (Wildman–Crippen LogP) is 5.22. The van der Waals surface area contributed by atoms with Gasteiger partial charge in [0.2, 0.25) is 0 Å². The van der Waals surface area contributed by atoms with E-state index in [0.29, 0.717) is 22.0 Å². The summed E-state index contributed by atoms with van der Waals surface area (Å²) in [6.07, 6.45) is 1.64. The number of benzene rings is 3. The van der Waals surface area contributed by atoms with E-state index in [1.54, 1.807) is 42.5 Å². The topological polar surface area (TPSA) is 76.4 Å². The van der Waals surface area contributed by atoms with Crippen molar-refractivity contribution in [1.82, 2.24) is 3.97 Å². The molecule has 0 bridgehead atoms. The van der Waals surface area contributed by atoms with Gasteiger partial charge in [0.05, 0.1) is 10.5 Å². The molecule has 0 aliphatic carbocycles. The van der Waals surface area contributed by atoms with Gasteiger partial charge in [-0.25, -0.2) is 12.4 Å². The first-order valence-corrected chi connectivity index (χ1v) is 11.1. The quantitative estimate of drug-likeness (QED) is 0.447. The number of hydrogen-bond donors (Lipinski definition) is 1. The Morgan fingerprint density at radius 2 is 1.63 bits per heavy atom. The average Bonchev–Trinajstić information content (AvgIpc) is 3.12. The maximum absolute atomic E-state index is 13.8. The first-order valence-electron chi connectivity index (χ1n) is 9.30. The van der Waals surface area contributed by atoms with E-state index in [0.717, 1.165) is 5.56 Å². The molecule has 0 atom stereocenters. The van der Waals surface area contributed by atoms with Crippen LogP contribution in [0.25, 0.3) is 22.0 Å². The summed E-state index contributed by atoms with van der Waals surface area (Å²) in [5, 5.41) is 9.88. The van der Waals surface area contributed by atoms with Crippen molar-refractivity contribution < 1.29 is 18.3 Å². The molecular formula is C23H18ClNO4S. The van der Waals surface area contributed by atoms with Gasteiger partial charge in [-0.2, -0.15) is 0 Å². The molecule has 1 aromatic heterocycles. The van der Waals surface area contributed by atoms with Crippen molar-refractivity contribution in [2.24, 2.45) is 0 Å². The first-order chi connectivity index (χ1) is 14.4. The zero-order valence-corrected chi connectivity index (χ0v) is 17.4. The van der Waals surface area contributed by atoms with Gasteiger partial charge in [0, 0.05) is 23.6 Å². The van der Waals surface area contributed by atoms with E-state index >= 15 is 0 Å². The highest BCUT2D eigenvalue weighted by atomic mass is 35.5. The van der Waals surface area contributed by atoms with Crippen LogP contribution in [0.4, 0.5) is 0 Å². The normalized spacial score (nSPS) is 11.6. The molecule has 0 aliphatic rings. The molecule has 1 heterocycles. The van der Waals surface area contributed by atoms with Crippen molar-refractivity contribution in [1.29, 1.82) is 0 Å². The number of carboxylic acids is 1. The summed E-state index contributed by atoms with van der Waals surface area (Å²) in [6.45, 7) is 0. The third-order valence-corrected chi connectivity index (χ3v) is 7.14. The fraction of sp³-hybridized carbons (Fsp3) is 0.0870. The highest BCUT2D eigenvalue weighted by molar-refractivity contribution is 7.90. The molecule has 0 amide bonds. The number of nitrogens with zero attached hydrogens (tertiary/aromatic N) is 1. The molecule has 0 radical (unpaired) electrons. The smallest absolute Gasteiger partial charge is 0.303 e. The predicted molar refractivity (Wildman–Crippen MR) is 117 cm³/mol. The second kappa shape index (κ2) is 7.97.